The standard InChI is InChI=1S/C17H20ClNO/c1-11(15-5-4-8-20-15)19-16-14-9-13(18)7-6-12(14)10-17(16,2)3/h4-9,11,16,19H,10H2,1-3H3/t11-,16?/m1/s1. The zero-order chi connectivity index (χ0) is 14.3. The van der Waals surface area contributed by atoms with Crippen LogP contribution in [0.4, 0.5) is 0 Å². The summed E-state index contributed by atoms with van der Waals surface area (Å²) < 4.78 is 5.50. The second-order valence-corrected chi connectivity index (χ2v) is 6.78. The maximum Gasteiger partial charge on any atom is 0.120 e. The summed E-state index contributed by atoms with van der Waals surface area (Å²) in [6, 6.07) is 10.6. The third-order valence-corrected chi connectivity index (χ3v) is 4.47. The van der Waals surface area contributed by atoms with Crippen molar-refractivity contribution in [2.24, 2.45) is 5.41 Å². The molecule has 0 spiro atoms. The van der Waals surface area contributed by atoms with Gasteiger partial charge in [0.25, 0.3) is 0 Å². The molecular formula is C17H20ClNO. The lowest BCUT2D eigenvalue weighted by Gasteiger charge is -2.31. The quantitative estimate of drug-likeness (QED) is 0.869. The summed E-state index contributed by atoms with van der Waals surface area (Å²) in [5.74, 6) is 0.969. The molecule has 0 saturated heterocycles. The van der Waals surface area contributed by atoms with Gasteiger partial charge in [0.05, 0.1) is 12.3 Å². The fraction of sp³-hybridized carbons (Fsp3) is 0.412. The van der Waals surface area contributed by atoms with E-state index in [9.17, 15) is 0 Å². The topological polar surface area (TPSA) is 25.2 Å². The van der Waals surface area contributed by atoms with Crippen LogP contribution in [-0.2, 0) is 6.42 Å². The van der Waals surface area contributed by atoms with Crippen LogP contribution in [0.15, 0.2) is 41.0 Å². The van der Waals surface area contributed by atoms with Crippen LogP contribution in [0, 0.1) is 5.41 Å². The second kappa shape index (κ2) is 4.94. The highest BCUT2D eigenvalue weighted by Crippen LogP contribution is 2.46. The van der Waals surface area contributed by atoms with Crippen molar-refractivity contribution in [3.05, 3.63) is 58.5 Å². The highest BCUT2D eigenvalue weighted by Gasteiger charge is 2.39. The molecule has 2 atom stereocenters. The molecule has 3 heteroatoms. The maximum absolute atomic E-state index is 6.17. The Labute approximate surface area is 125 Å². The minimum atomic E-state index is 0.174. The van der Waals surface area contributed by atoms with Crippen molar-refractivity contribution in [2.45, 2.75) is 39.3 Å². The zero-order valence-corrected chi connectivity index (χ0v) is 12.9. The second-order valence-electron chi connectivity index (χ2n) is 6.35. The third kappa shape index (κ3) is 2.38. The summed E-state index contributed by atoms with van der Waals surface area (Å²) in [6.45, 7) is 6.73. The van der Waals surface area contributed by atoms with E-state index in [0.29, 0.717) is 0 Å². The van der Waals surface area contributed by atoms with E-state index in [1.54, 1.807) is 6.26 Å². The largest absolute Gasteiger partial charge is 0.468 e. The van der Waals surface area contributed by atoms with Crippen LogP contribution >= 0.6 is 11.6 Å². The Morgan fingerprint density at radius 2 is 2.15 bits per heavy atom. The van der Waals surface area contributed by atoms with Gasteiger partial charge < -0.3 is 9.73 Å². The molecule has 1 heterocycles. The van der Waals surface area contributed by atoms with Gasteiger partial charge in [0.15, 0.2) is 0 Å². The van der Waals surface area contributed by atoms with Crippen LogP contribution in [0.3, 0.4) is 0 Å². The van der Waals surface area contributed by atoms with E-state index < -0.39 is 0 Å². The summed E-state index contributed by atoms with van der Waals surface area (Å²) in [4.78, 5) is 0. The van der Waals surface area contributed by atoms with Crippen molar-refractivity contribution in [2.75, 3.05) is 0 Å². The van der Waals surface area contributed by atoms with Crippen molar-refractivity contribution in [3.8, 4) is 0 Å². The molecule has 106 valence electrons. The zero-order valence-electron chi connectivity index (χ0n) is 12.1. The number of hydrogen-bond acceptors (Lipinski definition) is 2. The van der Waals surface area contributed by atoms with Crippen molar-refractivity contribution in [1.82, 2.24) is 5.32 Å². The number of rotatable bonds is 3. The highest BCUT2D eigenvalue weighted by atomic mass is 35.5. The van der Waals surface area contributed by atoms with Gasteiger partial charge in [0.1, 0.15) is 5.76 Å². The molecule has 1 N–H and O–H groups in total. The van der Waals surface area contributed by atoms with Crippen LogP contribution < -0.4 is 5.32 Å². The van der Waals surface area contributed by atoms with E-state index in [0.717, 1.165) is 17.2 Å². The van der Waals surface area contributed by atoms with E-state index in [4.69, 9.17) is 16.0 Å². The molecule has 1 aliphatic carbocycles. The SMILES string of the molecule is C[C@@H](NC1c2cc(Cl)ccc2CC1(C)C)c1ccco1. The van der Waals surface area contributed by atoms with E-state index in [-0.39, 0.29) is 17.5 Å². The first kappa shape index (κ1) is 13.7. The molecule has 0 amide bonds. The van der Waals surface area contributed by atoms with Gasteiger partial charge in [-0.2, -0.15) is 0 Å². The Kier molecular flexibility index (Phi) is 3.39. The molecule has 2 aromatic rings. The van der Waals surface area contributed by atoms with Gasteiger partial charge in [-0.1, -0.05) is 31.5 Å². The lowest BCUT2D eigenvalue weighted by molar-refractivity contribution is 0.243. The van der Waals surface area contributed by atoms with Crippen molar-refractivity contribution in [3.63, 3.8) is 0 Å². The molecule has 0 aliphatic heterocycles. The first-order valence-corrected chi connectivity index (χ1v) is 7.43. The van der Waals surface area contributed by atoms with Crippen LogP contribution in [0.5, 0.6) is 0 Å². The van der Waals surface area contributed by atoms with E-state index in [2.05, 4.69) is 38.2 Å². The van der Waals surface area contributed by atoms with Crippen molar-refractivity contribution in [1.29, 1.82) is 0 Å². The van der Waals surface area contributed by atoms with E-state index in [1.807, 2.05) is 18.2 Å². The molecule has 0 fully saturated rings. The Morgan fingerprint density at radius 1 is 1.35 bits per heavy atom. The maximum atomic E-state index is 6.17. The van der Waals surface area contributed by atoms with Crippen LogP contribution in [0.2, 0.25) is 5.02 Å². The van der Waals surface area contributed by atoms with Crippen molar-refractivity contribution < 1.29 is 4.42 Å². The van der Waals surface area contributed by atoms with Gasteiger partial charge in [-0.15, -0.1) is 0 Å². The lowest BCUT2D eigenvalue weighted by Crippen LogP contribution is -2.32. The normalized spacial score (nSPS) is 21.7. The van der Waals surface area contributed by atoms with Crippen LogP contribution in [-0.4, -0.2) is 0 Å². The summed E-state index contributed by atoms with van der Waals surface area (Å²) in [7, 11) is 0. The summed E-state index contributed by atoms with van der Waals surface area (Å²) in [5.41, 5.74) is 2.89. The molecule has 3 rings (SSSR count). The van der Waals surface area contributed by atoms with Gasteiger partial charge in [-0.3, -0.25) is 0 Å². The van der Waals surface area contributed by atoms with Crippen LogP contribution in [0.1, 0.15) is 49.7 Å². The predicted octanol–water partition coefficient (Wildman–Crippen LogP) is 4.91. The number of furan rings is 1. The van der Waals surface area contributed by atoms with Crippen LogP contribution in [0.25, 0.3) is 0 Å². The molecular weight excluding hydrogens is 270 g/mol. The lowest BCUT2D eigenvalue weighted by atomic mass is 9.85. The molecule has 0 bridgehead atoms. The predicted molar refractivity (Wildman–Crippen MR) is 81.9 cm³/mol. The number of fused-ring (bicyclic) bond motifs is 1. The average Bonchev–Trinajstić information content (AvgIpc) is 2.98. The van der Waals surface area contributed by atoms with Gasteiger partial charge >= 0.3 is 0 Å². The monoisotopic (exact) mass is 289 g/mol. The van der Waals surface area contributed by atoms with Gasteiger partial charge in [-0.25, -0.2) is 0 Å². The molecule has 1 aromatic heterocycles. The number of hydrogen-bond donors (Lipinski definition) is 1. The first-order chi connectivity index (χ1) is 9.47. The fourth-order valence-electron chi connectivity index (χ4n) is 3.19. The summed E-state index contributed by atoms with van der Waals surface area (Å²) in [6.07, 6.45) is 2.79. The minimum Gasteiger partial charge on any atom is -0.468 e. The molecule has 1 aliphatic rings. The number of benzene rings is 1. The average molecular weight is 290 g/mol. The number of nitrogens with one attached hydrogen (secondary N) is 1. The molecule has 2 nitrogen and oxygen atoms in total. The van der Waals surface area contributed by atoms with Gasteiger partial charge in [0.2, 0.25) is 0 Å². The van der Waals surface area contributed by atoms with E-state index in [1.165, 1.54) is 11.1 Å². The van der Waals surface area contributed by atoms with Gasteiger partial charge in [-0.05, 0) is 54.2 Å². The Bertz CT molecular complexity index is 603. The summed E-state index contributed by atoms with van der Waals surface area (Å²) in [5, 5.41) is 4.51. The Morgan fingerprint density at radius 3 is 2.85 bits per heavy atom. The molecule has 1 aromatic carbocycles. The molecule has 0 radical (unpaired) electrons. The molecule has 1 unspecified atom stereocenters. The van der Waals surface area contributed by atoms with Gasteiger partial charge in [0, 0.05) is 11.1 Å². The number of halogens is 1. The molecule has 20 heavy (non-hydrogen) atoms. The summed E-state index contributed by atoms with van der Waals surface area (Å²) >= 11 is 6.17. The third-order valence-electron chi connectivity index (χ3n) is 4.23. The minimum absolute atomic E-state index is 0.174. The Hall–Kier alpha value is -1.25. The van der Waals surface area contributed by atoms with E-state index >= 15 is 0 Å². The first-order valence-electron chi connectivity index (χ1n) is 7.05. The highest BCUT2D eigenvalue weighted by molar-refractivity contribution is 6.30. The Balaban J connectivity index is 1.90. The fourth-order valence-corrected chi connectivity index (χ4v) is 3.38. The van der Waals surface area contributed by atoms with Crippen molar-refractivity contribution >= 4 is 11.6 Å². The smallest absolute Gasteiger partial charge is 0.120 e. The molecule has 0 saturated carbocycles.